The van der Waals surface area contributed by atoms with E-state index in [1.54, 1.807) is 0 Å². The van der Waals surface area contributed by atoms with Gasteiger partial charge in [-0.1, -0.05) is 29.8 Å². The van der Waals surface area contributed by atoms with Crippen LogP contribution in [-0.2, 0) is 0 Å². The molecule has 3 heteroatoms. The van der Waals surface area contributed by atoms with Gasteiger partial charge in [0.25, 0.3) is 0 Å². The fourth-order valence-electron chi connectivity index (χ4n) is 1.65. The topological polar surface area (TPSA) is 41.8 Å². The van der Waals surface area contributed by atoms with Gasteiger partial charge in [-0.3, -0.25) is 0 Å². The largest absolute Gasteiger partial charge is 0.359 e. The molecule has 0 saturated heterocycles. The highest BCUT2D eigenvalue weighted by molar-refractivity contribution is 6.37. The third-order valence-electron chi connectivity index (χ3n) is 2.34. The molecule has 0 amide bonds. The molecule has 1 aromatic carbocycles. The van der Waals surface area contributed by atoms with Gasteiger partial charge >= 0.3 is 0 Å². The van der Waals surface area contributed by atoms with Gasteiger partial charge < -0.3 is 10.7 Å². The number of nitrogens with two attached hydrogens (primary N) is 1. The van der Waals surface area contributed by atoms with E-state index in [2.05, 4.69) is 11.1 Å². The molecular formula is C12H13ClN2. The first kappa shape index (κ1) is 10.3. The minimum Gasteiger partial charge on any atom is -0.359 e. The first-order valence-electron chi connectivity index (χ1n) is 4.87. The standard InChI is InChI=1S/C12H13ClN2/c1-8-7-10-11(15-8)5-4-9(12(10)13)3-2-6-14/h2-5,7,15H,6,14H2,1H3/b3-2+. The highest BCUT2D eigenvalue weighted by atomic mass is 35.5. The Kier molecular flexibility index (Phi) is 2.80. The Bertz CT molecular complexity index is 512. The molecule has 0 radical (unpaired) electrons. The Morgan fingerprint density at radius 3 is 3.00 bits per heavy atom. The van der Waals surface area contributed by atoms with Gasteiger partial charge in [-0.2, -0.15) is 0 Å². The Balaban J connectivity index is 2.59. The summed E-state index contributed by atoms with van der Waals surface area (Å²) in [6.45, 7) is 2.55. The highest BCUT2D eigenvalue weighted by Crippen LogP contribution is 2.28. The van der Waals surface area contributed by atoms with Gasteiger partial charge in [0.05, 0.1) is 5.02 Å². The molecule has 0 saturated carbocycles. The molecule has 15 heavy (non-hydrogen) atoms. The third-order valence-corrected chi connectivity index (χ3v) is 2.76. The average molecular weight is 221 g/mol. The maximum absolute atomic E-state index is 6.28. The lowest BCUT2D eigenvalue weighted by Gasteiger charge is -1.99. The normalized spacial score (nSPS) is 11.7. The quantitative estimate of drug-likeness (QED) is 0.803. The maximum atomic E-state index is 6.28. The van der Waals surface area contributed by atoms with Crippen molar-refractivity contribution in [2.45, 2.75) is 6.92 Å². The summed E-state index contributed by atoms with van der Waals surface area (Å²) in [4.78, 5) is 3.25. The molecule has 1 heterocycles. The molecule has 0 fully saturated rings. The second-order valence-electron chi connectivity index (χ2n) is 3.52. The van der Waals surface area contributed by atoms with Gasteiger partial charge in [0.2, 0.25) is 0 Å². The van der Waals surface area contributed by atoms with Crippen molar-refractivity contribution in [3.63, 3.8) is 0 Å². The molecule has 2 rings (SSSR count). The van der Waals surface area contributed by atoms with Crippen LogP contribution in [0.1, 0.15) is 11.3 Å². The molecule has 2 nitrogen and oxygen atoms in total. The van der Waals surface area contributed by atoms with E-state index in [0.717, 1.165) is 27.2 Å². The van der Waals surface area contributed by atoms with E-state index in [0.29, 0.717) is 6.54 Å². The monoisotopic (exact) mass is 220 g/mol. The summed E-state index contributed by atoms with van der Waals surface area (Å²) >= 11 is 6.28. The van der Waals surface area contributed by atoms with Crippen LogP contribution in [-0.4, -0.2) is 11.5 Å². The van der Waals surface area contributed by atoms with Crippen molar-refractivity contribution in [2.24, 2.45) is 5.73 Å². The minimum absolute atomic E-state index is 0.528. The molecule has 0 spiro atoms. The predicted molar refractivity (Wildman–Crippen MR) is 66.1 cm³/mol. The number of H-pyrrole nitrogens is 1. The lowest BCUT2D eigenvalue weighted by molar-refractivity contribution is 1.26. The maximum Gasteiger partial charge on any atom is 0.0572 e. The first-order chi connectivity index (χ1) is 7.22. The molecule has 0 unspecified atom stereocenters. The highest BCUT2D eigenvalue weighted by Gasteiger charge is 2.05. The van der Waals surface area contributed by atoms with E-state index in [9.17, 15) is 0 Å². The molecule has 0 aliphatic carbocycles. The molecule has 2 aromatic rings. The van der Waals surface area contributed by atoms with Crippen molar-refractivity contribution < 1.29 is 0 Å². The lowest BCUT2D eigenvalue weighted by atomic mass is 10.1. The Hall–Kier alpha value is -1.25. The second kappa shape index (κ2) is 4.09. The molecule has 1 aromatic heterocycles. The van der Waals surface area contributed by atoms with E-state index < -0.39 is 0 Å². The fourth-order valence-corrected chi connectivity index (χ4v) is 1.93. The van der Waals surface area contributed by atoms with E-state index in [-0.39, 0.29) is 0 Å². The predicted octanol–water partition coefficient (Wildman–Crippen LogP) is 3.10. The summed E-state index contributed by atoms with van der Waals surface area (Å²) in [6, 6.07) is 6.08. The van der Waals surface area contributed by atoms with E-state index in [1.165, 1.54) is 0 Å². The zero-order chi connectivity index (χ0) is 10.8. The Labute approximate surface area is 93.7 Å². The van der Waals surface area contributed by atoms with E-state index in [4.69, 9.17) is 17.3 Å². The van der Waals surface area contributed by atoms with Crippen LogP contribution in [0.4, 0.5) is 0 Å². The number of nitrogens with one attached hydrogen (secondary N) is 1. The third kappa shape index (κ3) is 1.91. The van der Waals surface area contributed by atoms with E-state index >= 15 is 0 Å². The van der Waals surface area contributed by atoms with Crippen LogP contribution < -0.4 is 5.73 Å². The summed E-state index contributed by atoms with van der Waals surface area (Å²) in [5, 5.41) is 1.84. The van der Waals surface area contributed by atoms with Crippen LogP contribution in [0.5, 0.6) is 0 Å². The Morgan fingerprint density at radius 2 is 2.27 bits per heavy atom. The van der Waals surface area contributed by atoms with Crippen LogP contribution >= 0.6 is 11.6 Å². The summed E-state index contributed by atoms with van der Waals surface area (Å²) in [5.41, 5.74) is 8.60. The van der Waals surface area contributed by atoms with Gasteiger partial charge in [0.1, 0.15) is 0 Å². The molecule has 0 aliphatic heterocycles. The van der Waals surface area contributed by atoms with Crippen LogP contribution in [0, 0.1) is 6.92 Å². The van der Waals surface area contributed by atoms with Crippen LogP contribution in [0.3, 0.4) is 0 Å². The SMILES string of the molecule is Cc1cc2c(Cl)c(/C=C/CN)ccc2[nH]1. The van der Waals surface area contributed by atoms with Crippen molar-refractivity contribution in [1.82, 2.24) is 4.98 Å². The summed E-state index contributed by atoms with van der Waals surface area (Å²) < 4.78 is 0. The Morgan fingerprint density at radius 1 is 1.47 bits per heavy atom. The average Bonchev–Trinajstić information content (AvgIpc) is 2.59. The summed E-state index contributed by atoms with van der Waals surface area (Å²) in [7, 11) is 0. The van der Waals surface area contributed by atoms with Gasteiger partial charge in [0.15, 0.2) is 0 Å². The number of fused-ring (bicyclic) bond motifs is 1. The first-order valence-corrected chi connectivity index (χ1v) is 5.24. The fraction of sp³-hybridized carbons (Fsp3) is 0.167. The molecule has 0 aliphatic rings. The summed E-state index contributed by atoms with van der Waals surface area (Å²) in [5.74, 6) is 0. The molecular weight excluding hydrogens is 208 g/mol. The van der Waals surface area contributed by atoms with Gasteiger partial charge in [0, 0.05) is 23.1 Å². The number of aryl methyl sites for hydroxylation is 1. The molecule has 78 valence electrons. The minimum atomic E-state index is 0.528. The zero-order valence-electron chi connectivity index (χ0n) is 8.55. The van der Waals surface area contributed by atoms with Crippen LogP contribution in [0.25, 0.3) is 17.0 Å². The smallest absolute Gasteiger partial charge is 0.0572 e. The number of aromatic amines is 1. The van der Waals surface area contributed by atoms with Crippen molar-refractivity contribution in [3.8, 4) is 0 Å². The van der Waals surface area contributed by atoms with E-state index in [1.807, 2.05) is 31.2 Å². The number of benzene rings is 1. The number of halogens is 1. The number of aromatic nitrogens is 1. The second-order valence-corrected chi connectivity index (χ2v) is 3.90. The van der Waals surface area contributed by atoms with Crippen molar-refractivity contribution in [3.05, 3.63) is 40.6 Å². The zero-order valence-corrected chi connectivity index (χ0v) is 9.31. The van der Waals surface area contributed by atoms with Crippen LogP contribution in [0.15, 0.2) is 24.3 Å². The molecule has 0 atom stereocenters. The molecule has 0 bridgehead atoms. The van der Waals surface area contributed by atoms with Gasteiger partial charge in [-0.15, -0.1) is 0 Å². The van der Waals surface area contributed by atoms with Gasteiger partial charge in [-0.05, 0) is 24.6 Å². The summed E-state index contributed by atoms with van der Waals surface area (Å²) in [6.07, 6.45) is 3.84. The number of hydrogen-bond donors (Lipinski definition) is 2. The van der Waals surface area contributed by atoms with Crippen molar-refractivity contribution >= 4 is 28.6 Å². The molecule has 3 N–H and O–H groups in total. The number of rotatable bonds is 2. The van der Waals surface area contributed by atoms with Crippen molar-refractivity contribution in [2.75, 3.05) is 6.54 Å². The number of hydrogen-bond acceptors (Lipinski definition) is 1. The van der Waals surface area contributed by atoms with Crippen LogP contribution in [0.2, 0.25) is 5.02 Å². The van der Waals surface area contributed by atoms with Crippen molar-refractivity contribution in [1.29, 1.82) is 0 Å². The van der Waals surface area contributed by atoms with Gasteiger partial charge in [-0.25, -0.2) is 0 Å². The lowest BCUT2D eigenvalue weighted by Crippen LogP contribution is -1.92.